The van der Waals surface area contributed by atoms with Gasteiger partial charge in [-0.1, -0.05) is 35.7 Å². The van der Waals surface area contributed by atoms with Crippen molar-refractivity contribution in [3.8, 4) is 23.0 Å². The maximum atomic E-state index is 5.96. The summed E-state index contributed by atoms with van der Waals surface area (Å²) in [6.45, 7) is 4.43. The van der Waals surface area contributed by atoms with Crippen molar-refractivity contribution < 1.29 is 0 Å². The molecule has 2 aromatic carbocycles. The van der Waals surface area contributed by atoms with Crippen LogP contribution >= 0.6 is 11.6 Å². The largest absolute Gasteiger partial charge is 0.301 e. The van der Waals surface area contributed by atoms with Gasteiger partial charge in [0.05, 0.1) is 18.3 Å². The molecule has 4 aromatic rings. The van der Waals surface area contributed by atoms with E-state index < -0.39 is 0 Å². The number of likely N-dealkylation sites (tertiary alicyclic amines) is 1. The minimum atomic E-state index is 0.730. The van der Waals surface area contributed by atoms with Crippen molar-refractivity contribution in [1.82, 2.24) is 19.7 Å². The molecule has 2 aromatic heterocycles. The Morgan fingerprint density at radius 2 is 1.65 bits per heavy atom. The predicted molar refractivity (Wildman–Crippen MR) is 126 cm³/mol. The molecule has 0 unspecified atom stereocenters. The Morgan fingerprint density at radius 3 is 2.42 bits per heavy atom. The molecule has 0 aliphatic carbocycles. The molecule has 5 heteroatoms. The van der Waals surface area contributed by atoms with Crippen LogP contribution in [0, 0.1) is 11.8 Å². The number of pyridine rings is 1. The number of halogens is 1. The average molecular weight is 427 g/mol. The molecule has 1 fully saturated rings. The van der Waals surface area contributed by atoms with E-state index in [-0.39, 0.29) is 0 Å². The van der Waals surface area contributed by atoms with Crippen molar-refractivity contribution in [3.05, 3.63) is 83.3 Å². The van der Waals surface area contributed by atoms with E-state index in [1.165, 1.54) is 25.9 Å². The molecule has 1 aliphatic heterocycles. The Hall–Kier alpha value is -3.13. The van der Waals surface area contributed by atoms with Crippen molar-refractivity contribution in [3.63, 3.8) is 0 Å². The predicted octanol–water partition coefficient (Wildman–Crippen LogP) is 5.25. The van der Waals surface area contributed by atoms with E-state index in [1.54, 1.807) is 0 Å². The van der Waals surface area contributed by atoms with Crippen molar-refractivity contribution in [1.29, 1.82) is 0 Å². The van der Waals surface area contributed by atoms with Gasteiger partial charge in [0.25, 0.3) is 0 Å². The zero-order valence-corrected chi connectivity index (χ0v) is 18.0. The third-order valence-electron chi connectivity index (χ3n) is 5.74. The van der Waals surface area contributed by atoms with Gasteiger partial charge in [0.15, 0.2) is 0 Å². The molecule has 0 bridgehead atoms. The molecule has 0 N–H and O–H groups in total. The molecule has 0 saturated carbocycles. The van der Waals surface area contributed by atoms with Gasteiger partial charge in [-0.05, 0) is 73.8 Å². The van der Waals surface area contributed by atoms with E-state index in [9.17, 15) is 0 Å². The highest BCUT2D eigenvalue weighted by Gasteiger charge is 2.12. The highest BCUT2D eigenvalue weighted by atomic mass is 35.5. The van der Waals surface area contributed by atoms with Crippen LogP contribution in [0.15, 0.2) is 67.0 Å². The van der Waals surface area contributed by atoms with E-state index in [2.05, 4.69) is 49.7 Å². The van der Waals surface area contributed by atoms with Crippen LogP contribution in [0.2, 0.25) is 5.02 Å². The quantitative estimate of drug-likeness (QED) is 0.418. The summed E-state index contributed by atoms with van der Waals surface area (Å²) in [6.07, 6.45) is 6.42. The lowest BCUT2D eigenvalue weighted by atomic mass is 10.1. The summed E-state index contributed by atoms with van der Waals surface area (Å²) in [7, 11) is 0. The van der Waals surface area contributed by atoms with E-state index in [0.29, 0.717) is 0 Å². The van der Waals surface area contributed by atoms with Gasteiger partial charge in [-0.3, -0.25) is 4.68 Å². The zero-order valence-electron chi connectivity index (χ0n) is 17.3. The summed E-state index contributed by atoms with van der Waals surface area (Å²) >= 11 is 5.96. The number of fused-ring (bicyclic) bond motifs is 1. The molecule has 1 saturated heterocycles. The summed E-state index contributed by atoms with van der Waals surface area (Å²) in [5.74, 6) is 6.40. The van der Waals surface area contributed by atoms with E-state index in [4.69, 9.17) is 11.6 Å². The van der Waals surface area contributed by atoms with Crippen molar-refractivity contribution in [2.75, 3.05) is 19.6 Å². The monoisotopic (exact) mass is 426 g/mol. The molecule has 31 heavy (non-hydrogen) atoms. The molecule has 0 amide bonds. The first-order valence-corrected chi connectivity index (χ1v) is 11.0. The molecule has 0 radical (unpaired) electrons. The number of hydrogen-bond donors (Lipinski definition) is 0. The molecule has 0 spiro atoms. The van der Waals surface area contributed by atoms with Gasteiger partial charge in [-0.15, -0.1) is 0 Å². The smallest absolute Gasteiger partial charge is 0.113 e. The Morgan fingerprint density at radius 1 is 0.839 bits per heavy atom. The highest BCUT2D eigenvalue weighted by Crippen LogP contribution is 2.21. The number of rotatable bonds is 4. The molecule has 0 atom stereocenters. The zero-order chi connectivity index (χ0) is 21.0. The van der Waals surface area contributed by atoms with Gasteiger partial charge >= 0.3 is 0 Å². The minimum absolute atomic E-state index is 0.730. The Balaban J connectivity index is 1.29. The van der Waals surface area contributed by atoms with Gasteiger partial charge in [-0.25, -0.2) is 4.98 Å². The van der Waals surface area contributed by atoms with Gasteiger partial charge in [0.2, 0.25) is 0 Å². The fraction of sp³-hybridized carbons (Fsp3) is 0.231. The summed E-state index contributed by atoms with van der Waals surface area (Å²) in [5.41, 5.74) is 5.01. The first-order chi connectivity index (χ1) is 15.2. The number of benzene rings is 2. The number of nitrogens with zero attached hydrogens (tertiary/aromatic N) is 4. The number of aromatic nitrogens is 3. The normalized spacial score (nSPS) is 14.0. The Kier molecular flexibility index (Phi) is 5.71. The van der Waals surface area contributed by atoms with Crippen molar-refractivity contribution in [2.24, 2.45) is 0 Å². The van der Waals surface area contributed by atoms with E-state index >= 15 is 0 Å². The molecule has 154 valence electrons. The third kappa shape index (κ3) is 4.64. The van der Waals surface area contributed by atoms with Crippen LogP contribution in [0.5, 0.6) is 0 Å². The standard InChI is InChI=1S/C26H23ClN4/c27-24-8-5-21(6-9-24)22-7-11-25(28-18-22)10-3-20-4-12-26-23(17-20)19-29-31(26)16-15-30-13-1-2-14-30/h4-9,11-12,17-19H,1-2,13-16H2. The topological polar surface area (TPSA) is 34.0 Å². The second-order valence-electron chi connectivity index (χ2n) is 7.88. The summed E-state index contributed by atoms with van der Waals surface area (Å²) in [6, 6.07) is 18.0. The Labute approximate surface area is 187 Å². The lowest BCUT2D eigenvalue weighted by molar-refractivity contribution is 0.318. The average Bonchev–Trinajstić information content (AvgIpc) is 3.47. The first kappa shape index (κ1) is 19.8. The third-order valence-corrected chi connectivity index (χ3v) is 6.00. The van der Waals surface area contributed by atoms with E-state index in [0.717, 1.165) is 51.4 Å². The van der Waals surface area contributed by atoms with Gasteiger partial charge in [0.1, 0.15) is 5.69 Å². The summed E-state index contributed by atoms with van der Waals surface area (Å²) in [4.78, 5) is 7.01. The second kappa shape index (κ2) is 8.93. The van der Waals surface area contributed by atoms with Crippen LogP contribution < -0.4 is 0 Å². The maximum Gasteiger partial charge on any atom is 0.113 e. The van der Waals surface area contributed by atoms with E-state index in [1.807, 2.05) is 48.8 Å². The minimum Gasteiger partial charge on any atom is -0.301 e. The summed E-state index contributed by atoms with van der Waals surface area (Å²) < 4.78 is 2.10. The first-order valence-electron chi connectivity index (χ1n) is 10.7. The van der Waals surface area contributed by atoms with Crippen LogP contribution in [0.1, 0.15) is 24.1 Å². The summed E-state index contributed by atoms with van der Waals surface area (Å²) in [5, 5.41) is 6.44. The second-order valence-corrected chi connectivity index (χ2v) is 8.32. The molecule has 4 nitrogen and oxygen atoms in total. The van der Waals surface area contributed by atoms with Crippen LogP contribution in [0.3, 0.4) is 0 Å². The molecule has 1 aliphatic rings. The fourth-order valence-electron chi connectivity index (χ4n) is 4.00. The lowest BCUT2D eigenvalue weighted by Gasteiger charge is -2.14. The molecule has 5 rings (SSSR count). The van der Waals surface area contributed by atoms with Crippen LogP contribution in [-0.2, 0) is 6.54 Å². The lowest BCUT2D eigenvalue weighted by Crippen LogP contribution is -2.24. The van der Waals surface area contributed by atoms with Crippen LogP contribution in [0.4, 0.5) is 0 Å². The SMILES string of the molecule is Clc1ccc(-c2ccc(C#Cc3ccc4c(cnn4CCN4CCCC4)c3)nc2)cc1. The maximum absolute atomic E-state index is 5.96. The van der Waals surface area contributed by atoms with Crippen LogP contribution in [0.25, 0.3) is 22.0 Å². The van der Waals surface area contributed by atoms with Gasteiger partial charge < -0.3 is 4.90 Å². The molecule has 3 heterocycles. The van der Waals surface area contributed by atoms with Crippen molar-refractivity contribution in [2.45, 2.75) is 19.4 Å². The number of hydrogen-bond acceptors (Lipinski definition) is 3. The Bertz CT molecular complexity index is 1240. The van der Waals surface area contributed by atoms with Gasteiger partial charge in [0, 0.05) is 34.3 Å². The van der Waals surface area contributed by atoms with Gasteiger partial charge in [-0.2, -0.15) is 5.10 Å². The highest BCUT2D eigenvalue weighted by molar-refractivity contribution is 6.30. The molecular formula is C26H23ClN4. The van der Waals surface area contributed by atoms with Crippen molar-refractivity contribution >= 4 is 22.5 Å². The fourth-order valence-corrected chi connectivity index (χ4v) is 4.13. The molecular weight excluding hydrogens is 404 g/mol. The van der Waals surface area contributed by atoms with Crippen LogP contribution in [-0.4, -0.2) is 39.3 Å².